The molecule has 0 N–H and O–H groups in total. The minimum absolute atomic E-state index is 0.392. The van der Waals surface area contributed by atoms with Gasteiger partial charge >= 0.3 is 0 Å². The highest BCUT2D eigenvalue weighted by atomic mass is 14.7. The molecule has 1 nitrogen and oxygen atoms in total. The van der Waals surface area contributed by atoms with E-state index in [1.807, 2.05) is 19.1 Å². The molecule has 0 amide bonds. The molecule has 0 saturated heterocycles. The van der Waals surface area contributed by atoms with Crippen LogP contribution in [0.15, 0.2) is 28.4 Å². The van der Waals surface area contributed by atoms with Crippen LogP contribution in [0.5, 0.6) is 0 Å². The summed E-state index contributed by atoms with van der Waals surface area (Å²) in [7, 11) is 0. The number of rotatable bonds is 4. The van der Waals surface area contributed by atoms with Crippen molar-refractivity contribution in [3.63, 3.8) is 0 Å². The molecule has 0 saturated carbocycles. The van der Waals surface area contributed by atoms with Crippen molar-refractivity contribution in [3.05, 3.63) is 23.4 Å². The summed E-state index contributed by atoms with van der Waals surface area (Å²) in [4.78, 5) is 4.02. The van der Waals surface area contributed by atoms with Gasteiger partial charge in [0.1, 0.15) is 0 Å². The van der Waals surface area contributed by atoms with E-state index in [0.717, 1.165) is 12.1 Å². The number of hydrogen-bond donors (Lipinski definition) is 0. The Labute approximate surface area is 88.6 Å². The molecule has 0 aliphatic rings. The van der Waals surface area contributed by atoms with Crippen LogP contribution in [-0.4, -0.2) is 6.72 Å². The van der Waals surface area contributed by atoms with Gasteiger partial charge in [-0.1, -0.05) is 26.8 Å². The molecule has 0 aromatic carbocycles. The predicted molar refractivity (Wildman–Crippen MR) is 65.8 cm³/mol. The molecule has 0 atom stereocenters. The fraction of sp³-hybridized carbons (Fsp3) is 0.615. The van der Waals surface area contributed by atoms with Crippen molar-refractivity contribution in [2.75, 3.05) is 0 Å². The van der Waals surface area contributed by atoms with Crippen LogP contribution < -0.4 is 0 Å². The van der Waals surface area contributed by atoms with Crippen LogP contribution in [-0.2, 0) is 0 Å². The van der Waals surface area contributed by atoms with E-state index in [-0.39, 0.29) is 0 Å². The molecule has 0 spiro atoms. The molecule has 14 heavy (non-hydrogen) atoms. The maximum atomic E-state index is 4.02. The van der Waals surface area contributed by atoms with Gasteiger partial charge in [0.15, 0.2) is 0 Å². The third-order valence-electron chi connectivity index (χ3n) is 2.18. The Balaban J connectivity index is 4.42. The minimum Gasteiger partial charge on any atom is -0.265 e. The molecule has 0 fully saturated rings. The molecule has 0 aliphatic carbocycles. The second kappa shape index (κ2) is 5.79. The van der Waals surface area contributed by atoms with Gasteiger partial charge in [0.2, 0.25) is 0 Å². The number of nitrogens with zero attached hydrogens (tertiary/aromatic N) is 1. The number of aliphatic imine (C=N–C) groups is 1. The topological polar surface area (TPSA) is 12.4 Å². The van der Waals surface area contributed by atoms with Crippen molar-refractivity contribution in [2.45, 2.75) is 47.5 Å². The van der Waals surface area contributed by atoms with Crippen LogP contribution >= 0.6 is 0 Å². The fourth-order valence-corrected chi connectivity index (χ4v) is 1.18. The maximum Gasteiger partial charge on any atom is 0.0608 e. The monoisotopic (exact) mass is 193 g/mol. The molecule has 0 unspecified atom stereocenters. The van der Waals surface area contributed by atoms with E-state index >= 15 is 0 Å². The zero-order chi connectivity index (χ0) is 11.2. The quantitative estimate of drug-likeness (QED) is 0.464. The molecular weight excluding hydrogens is 170 g/mol. The molecule has 0 heterocycles. The summed E-state index contributed by atoms with van der Waals surface area (Å²) < 4.78 is 0. The van der Waals surface area contributed by atoms with E-state index < -0.39 is 0 Å². The van der Waals surface area contributed by atoms with Crippen molar-refractivity contribution >= 4 is 6.72 Å². The average molecular weight is 193 g/mol. The van der Waals surface area contributed by atoms with E-state index in [9.17, 15) is 0 Å². The third-order valence-corrected chi connectivity index (χ3v) is 2.18. The molecule has 1 heteroatoms. The molecule has 0 rings (SSSR count). The van der Waals surface area contributed by atoms with Crippen LogP contribution in [0.4, 0.5) is 0 Å². The number of allylic oxidation sites excluding steroid dienone is 3. The standard InChI is InChI=1S/C13H23N/c1-7-8-12(14-6)11(2)9-10-13(3,4)5/h7-8H,6,9-10H2,1-5H3/b8-7-,12-11-. The Morgan fingerprint density at radius 1 is 1.36 bits per heavy atom. The van der Waals surface area contributed by atoms with Gasteiger partial charge in [0.25, 0.3) is 0 Å². The van der Waals surface area contributed by atoms with Crippen molar-refractivity contribution < 1.29 is 0 Å². The highest BCUT2D eigenvalue weighted by Gasteiger charge is 2.10. The van der Waals surface area contributed by atoms with Gasteiger partial charge in [0.05, 0.1) is 5.70 Å². The smallest absolute Gasteiger partial charge is 0.0608 e. The summed E-state index contributed by atoms with van der Waals surface area (Å²) in [6.45, 7) is 14.5. The fourth-order valence-electron chi connectivity index (χ4n) is 1.18. The summed E-state index contributed by atoms with van der Waals surface area (Å²) in [5.74, 6) is 0. The van der Waals surface area contributed by atoms with E-state index in [2.05, 4.69) is 39.4 Å². The minimum atomic E-state index is 0.392. The average Bonchev–Trinajstić information content (AvgIpc) is 2.09. The zero-order valence-corrected chi connectivity index (χ0v) is 10.2. The van der Waals surface area contributed by atoms with E-state index in [1.54, 1.807) is 0 Å². The van der Waals surface area contributed by atoms with E-state index in [1.165, 1.54) is 12.0 Å². The van der Waals surface area contributed by atoms with Crippen LogP contribution in [0.25, 0.3) is 0 Å². The maximum absolute atomic E-state index is 4.02. The van der Waals surface area contributed by atoms with Crippen LogP contribution in [0.1, 0.15) is 47.5 Å². The Hall–Kier alpha value is -0.850. The molecular formula is C13H23N. The Kier molecular flexibility index (Phi) is 5.44. The van der Waals surface area contributed by atoms with Crippen LogP contribution in [0.3, 0.4) is 0 Å². The summed E-state index contributed by atoms with van der Waals surface area (Å²) in [6, 6.07) is 0. The lowest BCUT2D eigenvalue weighted by Gasteiger charge is -2.18. The second-order valence-electron chi connectivity index (χ2n) is 4.88. The molecule has 0 aromatic rings. The Morgan fingerprint density at radius 3 is 2.29 bits per heavy atom. The van der Waals surface area contributed by atoms with Gasteiger partial charge in [-0.25, -0.2) is 0 Å². The largest absolute Gasteiger partial charge is 0.265 e. The van der Waals surface area contributed by atoms with Crippen molar-refractivity contribution in [1.29, 1.82) is 0 Å². The SMILES string of the molecule is C=NC(/C=C\C)=C(/C)CCC(C)(C)C. The summed E-state index contributed by atoms with van der Waals surface area (Å²) in [5.41, 5.74) is 2.74. The van der Waals surface area contributed by atoms with Gasteiger partial charge in [-0.15, -0.1) is 0 Å². The Bertz CT molecular complexity index is 238. The first-order chi connectivity index (χ1) is 6.40. The van der Waals surface area contributed by atoms with E-state index in [4.69, 9.17) is 0 Å². The summed E-state index contributed by atoms with van der Waals surface area (Å²) >= 11 is 0. The van der Waals surface area contributed by atoms with Crippen LogP contribution in [0, 0.1) is 5.41 Å². The predicted octanol–water partition coefficient (Wildman–Crippen LogP) is 4.36. The molecule has 80 valence electrons. The first kappa shape index (κ1) is 13.2. The van der Waals surface area contributed by atoms with Gasteiger partial charge in [0, 0.05) is 0 Å². The van der Waals surface area contributed by atoms with Gasteiger partial charge in [-0.3, -0.25) is 4.99 Å². The lowest BCUT2D eigenvalue weighted by Crippen LogP contribution is -2.04. The highest BCUT2D eigenvalue weighted by molar-refractivity contribution is 5.35. The lowest BCUT2D eigenvalue weighted by molar-refractivity contribution is 0.377. The summed E-state index contributed by atoms with van der Waals surface area (Å²) in [5, 5.41) is 0. The normalized spacial score (nSPS) is 14.4. The first-order valence-electron chi connectivity index (χ1n) is 5.20. The molecule has 0 aliphatic heterocycles. The first-order valence-corrected chi connectivity index (χ1v) is 5.20. The lowest BCUT2D eigenvalue weighted by atomic mass is 9.88. The third kappa shape index (κ3) is 5.74. The van der Waals surface area contributed by atoms with Gasteiger partial charge < -0.3 is 0 Å². The van der Waals surface area contributed by atoms with Crippen LogP contribution in [0.2, 0.25) is 0 Å². The van der Waals surface area contributed by atoms with Crippen molar-refractivity contribution in [3.8, 4) is 0 Å². The Morgan fingerprint density at radius 2 is 1.93 bits per heavy atom. The second-order valence-corrected chi connectivity index (χ2v) is 4.88. The zero-order valence-electron chi connectivity index (χ0n) is 10.2. The van der Waals surface area contributed by atoms with E-state index in [0.29, 0.717) is 5.41 Å². The molecule has 0 aromatic heterocycles. The number of hydrogen-bond acceptors (Lipinski definition) is 1. The van der Waals surface area contributed by atoms with Gasteiger partial charge in [-0.2, -0.15) is 0 Å². The molecule has 0 radical (unpaired) electrons. The van der Waals surface area contributed by atoms with Crippen molar-refractivity contribution in [2.24, 2.45) is 10.4 Å². The molecule has 0 bridgehead atoms. The van der Waals surface area contributed by atoms with Gasteiger partial charge in [-0.05, 0) is 50.5 Å². The highest BCUT2D eigenvalue weighted by Crippen LogP contribution is 2.24. The van der Waals surface area contributed by atoms with Crippen molar-refractivity contribution in [1.82, 2.24) is 0 Å². The summed E-state index contributed by atoms with van der Waals surface area (Å²) in [6.07, 6.45) is 6.31.